The van der Waals surface area contributed by atoms with E-state index in [4.69, 9.17) is 0 Å². The molecular formula is C15H13N7OS. The van der Waals surface area contributed by atoms with Gasteiger partial charge in [0.25, 0.3) is 5.91 Å². The Morgan fingerprint density at radius 3 is 2.92 bits per heavy atom. The summed E-state index contributed by atoms with van der Waals surface area (Å²) in [7, 11) is 3.70. The number of thiazole rings is 1. The van der Waals surface area contributed by atoms with E-state index in [1.807, 2.05) is 11.6 Å². The molecule has 0 aliphatic heterocycles. The third-order valence-corrected chi connectivity index (χ3v) is 4.45. The topological polar surface area (TPSA) is 97.6 Å². The maximum atomic E-state index is 12.3. The number of hydrogen-bond donors (Lipinski definition) is 2. The molecule has 2 N–H and O–H groups in total. The molecule has 9 heteroatoms. The molecule has 24 heavy (non-hydrogen) atoms. The van der Waals surface area contributed by atoms with Crippen LogP contribution in [0.25, 0.3) is 21.4 Å². The van der Waals surface area contributed by atoms with E-state index in [0.717, 1.165) is 21.4 Å². The van der Waals surface area contributed by atoms with E-state index < -0.39 is 0 Å². The van der Waals surface area contributed by atoms with Crippen LogP contribution < -0.4 is 10.6 Å². The van der Waals surface area contributed by atoms with Gasteiger partial charge in [0, 0.05) is 26.5 Å². The van der Waals surface area contributed by atoms with Crippen molar-refractivity contribution in [2.75, 3.05) is 17.7 Å². The van der Waals surface area contributed by atoms with Gasteiger partial charge in [-0.1, -0.05) is 11.3 Å². The first kappa shape index (κ1) is 14.5. The zero-order valence-electron chi connectivity index (χ0n) is 12.9. The van der Waals surface area contributed by atoms with Gasteiger partial charge in [-0.25, -0.2) is 15.0 Å². The van der Waals surface area contributed by atoms with E-state index >= 15 is 0 Å². The lowest BCUT2D eigenvalue weighted by atomic mass is 10.3. The summed E-state index contributed by atoms with van der Waals surface area (Å²) < 4.78 is 1.90. The highest BCUT2D eigenvalue weighted by atomic mass is 32.1. The molecule has 0 aliphatic rings. The Balaban J connectivity index is 1.80. The first-order valence-corrected chi connectivity index (χ1v) is 7.99. The highest BCUT2D eigenvalue weighted by molar-refractivity contribution is 7.22. The minimum absolute atomic E-state index is 0.253. The minimum atomic E-state index is -0.253. The lowest BCUT2D eigenvalue weighted by Crippen LogP contribution is -2.11. The molecule has 0 spiro atoms. The van der Waals surface area contributed by atoms with Crippen molar-refractivity contribution in [3.05, 3.63) is 36.4 Å². The van der Waals surface area contributed by atoms with E-state index in [9.17, 15) is 4.79 Å². The number of pyridine rings is 2. The van der Waals surface area contributed by atoms with Crippen molar-refractivity contribution < 1.29 is 4.79 Å². The number of carbonyl (C=O) groups excluding carboxylic acids is 1. The number of anilines is 2. The van der Waals surface area contributed by atoms with Crippen LogP contribution in [0.3, 0.4) is 0 Å². The Morgan fingerprint density at radius 2 is 2.17 bits per heavy atom. The largest absolute Gasteiger partial charge is 0.371 e. The van der Waals surface area contributed by atoms with E-state index in [-0.39, 0.29) is 5.91 Å². The van der Waals surface area contributed by atoms with Crippen molar-refractivity contribution in [2.45, 2.75) is 0 Å². The van der Waals surface area contributed by atoms with Gasteiger partial charge < -0.3 is 9.88 Å². The number of rotatable bonds is 3. The predicted molar refractivity (Wildman–Crippen MR) is 93.4 cm³/mol. The van der Waals surface area contributed by atoms with Gasteiger partial charge in [0.1, 0.15) is 21.4 Å². The van der Waals surface area contributed by atoms with E-state index in [0.29, 0.717) is 16.5 Å². The summed E-state index contributed by atoms with van der Waals surface area (Å²) in [6.45, 7) is 0. The second-order valence-electron chi connectivity index (χ2n) is 5.13. The summed E-state index contributed by atoms with van der Waals surface area (Å²) in [5.41, 5.74) is 2.83. The van der Waals surface area contributed by atoms with Crippen LogP contribution in [-0.2, 0) is 7.05 Å². The van der Waals surface area contributed by atoms with E-state index in [1.165, 1.54) is 17.5 Å². The smallest absolute Gasteiger partial charge is 0.259 e. The predicted octanol–water partition coefficient (Wildman–Crippen LogP) is 2.27. The molecule has 8 nitrogen and oxygen atoms in total. The fourth-order valence-electron chi connectivity index (χ4n) is 2.47. The van der Waals surface area contributed by atoms with Gasteiger partial charge in [0.05, 0.1) is 11.9 Å². The molecule has 0 saturated heterocycles. The molecule has 0 saturated carbocycles. The van der Waals surface area contributed by atoms with Crippen molar-refractivity contribution in [3.8, 4) is 0 Å². The molecule has 0 atom stereocenters. The lowest BCUT2D eigenvalue weighted by Gasteiger charge is -2.01. The summed E-state index contributed by atoms with van der Waals surface area (Å²) in [5.74, 6) is 0.434. The zero-order valence-corrected chi connectivity index (χ0v) is 13.8. The molecule has 0 radical (unpaired) electrons. The van der Waals surface area contributed by atoms with Crippen LogP contribution in [0.4, 0.5) is 10.9 Å². The zero-order chi connectivity index (χ0) is 16.7. The lowest BCUT2D eigenvalue weighted by molar-refractivity contribution is 0.102. The summed E-state index contributed by atoms with van der Waals surface area (Å²) >= 11 is 1.32. The Labute approximate surface area is 140 Å². The van der Waals surface area contributed by atoms with Crippen LogP contribution in [0.2, 0.25) is 0 Å². The average Bonchev–Trinajstić information content (AvgIpc) is 3.18. The fraction of sp³-hybridized carbons (Fsp3) is 0.133. The number of amides is 1. The van der Waals surface area contributed by atoms with Crippen molar-refractivity contribution in [1.29, 1.82) is 0 Å². The molecule has 0 aromatic carbocycles. The number of carbonyl (C=O) groups is 1. The van der Waals surface area contributed by atoms with Gasteiger partial charge in [-0.2, -0.15) is 0 Å². The molecule has 0 unspecified atom stereocenters. The molecular weight excluding hydrogens is 326 g/mol. The molecule has 4 aromatic heterocycles. The van der Waals surface area contributed by atoms with Gasteiger partial charge in [-0.3, -0.25) is 15.1 Å². The first-order valence-electron chi connectivity index (χ1n) is 7.18. The van der Waals surface area contributed by atoms with Gasteiger partial charge in [-0.05, 0) is 12.1 Å². The molecule has 0 fully saturated rings. The molecule has 4 rings (SSSR count). The third-order valence-electron chi connectivity index (χ3n) is 3.59. The van der Waals surface area contributed by atoms with E-state index in [1.54, 1.807) is 31.7 Å². The van der Waals surface area contributed by atoms with Gasteiger partial charge in [0.2, 0.25) is 0 Å². The second kappa shape index (κ2) is 5.53. The van der Waals surface area contributed by atoms with Gasteiger partial charge in [-0.15, -0.1) is 0 Å². The van der Waals surface area contributed by atoms with Crippen molar-refractivity contribution in [3.63, 3.8) is 0 Å². The van der Waals surface area contributed by atoms with Crippen LogP contribution in [-0.4, -0.2) is 37.5 Å². The number of fused-ring (bicyclic) bond motifs is 3. The van der Waals surface area contributed by atoms with Crippen molar-refractivity contribution in [2.24, 2.45) is 7.05 Å². The summed E-state index contributed by atoms with van der Waals surface area (Å²) in [5, 5.41) is 6.34. The molecule has 120 valence electrons. The monoisotopic (exact) mass is 339 g/mol. The Morgan fingerprint density at radius 1 is 1.29 bits per heavy atom. The van der Waals surface area contributed by atoms with Gasteiger partial charge >= 0.3 is 0 Å². The summed E-state index contributed by atoms with van der Waals surface area (Å²) in [6.07, 6.45) is 4.86. The highest BCUT2D eigenvalue weighted by Crippen LogP contribution is 2.33. The molecule has 1 amide bonds. The Hall–Kier alpha value is -3.07. The fourth-order valence-corrected chi connectivity index (χ4v) is 3.31. The number of aromatic nitrogens is 5. The maximum Gasteiger partial charge on any atom is 0.259 e. The third kappa shape index (κ3) is 2.26. The second-order valence-corrected chi connectivity index (χ2v) is 6.11. The molecule has 4 aromatic rings. The summed E-state index contributed by atoms with van der Waals surface area (Å²) in [6, 6.07) is 3.42. The normalized spacial score (nSPS) is 11.1. The van der Waals surface area contributed by atoms with Gasteiger partial charge in [0.15, 0.2) is 10.9 Å². The van der Waals surface area contributed by atoms with E-state index in [2.05, 4.69) is 30.6 Å². The number of hydrogen-bond acceptors (Lipinski definition) is 7. The van der Waals surface area contributed by atoms with Crippen molar-refractivity contribution >= 4 is 49.6 Å². The van der Waals surface area contributed by atoms with Crippen LogP contribution in [0, 0.1) is 0 Å². The maximum absolute atomic E-state index is 12.3. The van der Waals surface area contributed by atoms with Crippen LogP contribution in [0.1, 0.15) is 10.4 Å². The quantitative estimate of drug-likeness (QED) is 0.594. The number of aryl methyl sites for hydroxylation is 1. The van der Waals surface area contributed by atoms with Crippen LogP contribution >= 0.6 is 11.3 Å². The average molecular weight is 339 g/mol. The first-order chi connectivity index (χ1) is 11.7. The number of nitrogens with zero attached hydrogens (tertiary/aromatic N) is 5. The highest BCUT2D eigenvalue weighted by Gasteiger charge is 2.17. The SMILES string of the molecule is CNc1nc2sc(NC(=O)c3cccnc3)nc2c2c1ncn2C. The Kier molecular flexibility index (Phi) is 3.35. The standard InChI is InChI=1S/C15H13N7OS/c1-16-12-9-11(22(2)7-18-9)10-14(20-12)24-15(19-10)21-13(23)8-4-3-5-17-6-8/h3-7H,1-2H3,(H,16,20)(H,19,21,23). The molecule has 4 heterocycles. The van der Waals surface area contributed by atoms with Crippen LogP contribution in [0.5, 0.6) is 0 Å². The number of nitrogens with one attached hydrogen (secondary N) is 2. The number of imidazole rings is 1. The Bertz CT molecular complexity index is 1050. The summed E-state index contributed by atoms with van der Waals surface area (Å²) in [4.78, 5) is 30.4. The van der Waals surface area contributed by atoms with Crippen molar-refractivity contribution in [1.82, 2.24) is 24.5 Å². The molecule has 0 aliphatic carbocycles. The molecule has 0 bridgehead atoms. The minimum Gasteiger partial charge on any atom is -0.371 e. The van der Waals surface area contributed by atoms with Crippen LogP contribution in [0.15, 0.2) is 30.9 Å².